The summed E-state index contributed by atoms with van der Waals surface area (Å²) in [4.78, 5) is 0. The van der Waals surface area contributed by atoms with Crippen molar-refractivity contribution in [1.29, 1.82) is 0 Å². The average Bonchev–Trinajstić information content (AvgIpc) is 2.08. The third-order valence-corrected chi connectivity index (χ3v) is 1.32. The number of phenolic OH excluding ortho intramolecular Hbond substituents is 1. The summed E-state index contributed by atoms with van der Waals surface area (Å²) < 4.78 is 41.6. The van der Waals surface area contributed by atoms with E-state index in [0.717, 1.165) is 7.11 Å². The summed E-state index contributed by atoms with van der Waals surface area (Å²) in [5.41, 5.74) is 0. The Kier molecular flexibility index (Phi) is 2.12. The number of methoxy groups -OCH3 is 1. The summed E-state index contributed by atoms with van der Waals surface area (Å²) in [7, 11) is 1.10. The lowest BCUT2D eigenvalue weighted by Crippen LogP contribution is -1.94. The number of hydrogen-bond donors (Lipinski definition) is 1. The normalized spacial score (nSPS) is 10.0. The van der Waals surface area contributed by atoms with Crippen LogP contribution in [0.3, 0.4) is 0 Å². The van der Waals surface area contributed by atoms with Crippen molar-refractivity contribution in [2.45, 2.75) is 0 Å². The average molecular weight is 178 g/mol. The number of halogens is 3. The monoisotopic (exact) mass is 178 g/mol. The van der Waals surface area contributed by atoms with Crippen LogP contribution in [0.4, 0.5) is 13.2 Å². The van der Waals surface area contributed by atoms with Gasteiger partial charge in [0.1, 0.15) is 0 Å². The van der Waals surface area contributed by atoms with Crippen LogP contribution in [0.5, 0.6) is 11.5 Å². The number of ether oxygens (including phenoxy) is 1. The van der Waals surface area contributed by atoms with E-state index < -0.39 is 29.0 Å². The van der Waals surface area contributed by atoms with Crippen molar-refractivity contribution in [3.05, 3.63) is 23.5 Å². The molecule has 0 aliphatic heterocycles. The molecular weight excluding hydrogens is 173 g/mol. The van der Waals surface area contributed by atoms with Gasteiger partial charge in [0.25, 0.3) is 0 Å². The van der Waals surface area contributed by atoms with Gasteiger partial charge in [-0.25, -0.2) is 8.78 Å². The highest BCUT2D eigenvalue weighted by Gasteiger charge is 2.18. The SMILES string of the molecule is COc1cc(F)c(F)c(F)c1O. The van der Waals surface area contributed by atoms with Gasteiger partial charge in [-0.2, -0.15) is 4.39 Å². The molecule has 0 heterocycles. The minimum atomic E-state index is -1.71. The zero-order chi connectivity index (χ0) is 9.30. The molecule has 12 heavy (non-hydrogen) atoms. The maximum atomic E-state index is 12.5. The lowest BCUT2D eigenvalue weighted by Gasteiger charge is -2.04. The molecule has 1 N–H and O–H groups in total. The van der Waals surface area contributed by atoms with Crippen molar-refractivity contribution in [1.82, 2.24) is 0 Å². The molecule has 2 nitrogen and oxygen atoms in total. The van der Waals surface area contributed by atoms with Gasteiger partial charge in [-0.05, 0) is 0 Å². The summed E-state index contributed by atoms with van der Waals surface area (Å²) in [5.74, 6) is -6.23. The van der Waals surface area contributed by atoms with Crippen molar-refractivity contribution in [2.75, 3.05) is 7.11 Å². The van der Waals surface area contributed by atoms with Gasteiger partial charge in [-0.1, -0.05) is 0 Å². The van der Waals surface area contributed by atoms with E-state index in [1.54, 1.807) is 0 Å². The smallest absolute Gasteiger partial charge is 0.207 e. The Bertz CT molecular complexity index is 312. The first-order valence-corrected chi connectivity index (χ1v) is 2.98. The molecule has 0 aliphatic carbocycles. The molecule has 0 spiro atoms. The van der Waals surface area contributed by atoms with Gasteiger partial charge in [0.15, 0.2) is 23.1 Å². The molecule has 0 fully saturated rings. The zero-order valence-corrected chi connectivity index (χ0v) is 6.07. The van der Waals surface area contributed by atoms with E-state index in [9.17, 15) is 13.2 Å². The molecule has 1 aromatic rings. The lowest BCUT2D eigenvalue weighted by atomic mass is 10.3. The van der Waals surface area contributed by atoms with Gasteiger partial charge < -0.3 is 9.84 Å². The minimum Gasteiger partial charge on any atom is -0.502 e. The number of benzene rings is 1. The maximum absolute atomic E-state index is 12.5. The van der Waals surface area contributed by atoms with Gasteiger partial charge in [0, 0.05) is 6.07 Å². The number of rotatable bonds is 1. The Balaban J connectivity index is 3.39. The van der Waals surface area contributed by atoms with Gasteiger partial charge in [0.05, 0.1) is 7.11 Å². The summed E-state index contributed by atoms with van der Waals surface area (Å²) in [5, 5.41) is 8.80. The molecule has 0 saturated heterocycles. The van der Waals surface area contributed by atoms with Crippen molar-refractivity contribution in [3.63, 3.8) is 0 Å². The quantitative estimate of drug-likeness (QED) is 0.664. The van der Waals surface area contributed by atoms with Crippen LogP contribution in [0.25, 0.3) is 0 Å². The Labute approximate surface area is 66.2 Å². The van der Waals surface area contributed by atoms with E-state index in [0.29, 0.717) is 6.07 Å². The first kappa shape index (κ1) is 8.70. The van der Waals surface area contributed by atoms with Crippen LogP contribution in [-0.2, 0) is 0 Å². The fourth-order valence-corrected chi connectivity index (χ4v) is 0.719. The fourth-order valence-electron chi connectivity index (χ4n) is 0.719. The van der Waals surface area contributed by atoms with Crippen LogP contribution in [0, 0.1) is 17.5 Å². The minimum absolute atomic E-state index is 0.439. The second kappa shape index (κ2) is 2.92. The van der Waals surface area contributed by atoms with Crippen LogP contribution in [0.15, 0.2) is 6.07 Å². The van der Waals surface area contributed by atoms with E-state index in [1.807, 2.05) is 0 Å². The summed E-state index contributed by atoms with van der Waals surface area (Å²) in [6, 6.07) is 0.563. The van der Waals surface area contributed by atoms with Crippen LogP contribution in [-0.4, -0.2) is 12.2 Å². The fraction of sp³-hybridized carbons (Fsp3) is 0.143. The number of aromatic hydroxyl groups is 1. The predicted molar refractivity (Wildman–Crippen MR) is 34.5 cm³/mol. The molecular formula is C7H5F3O2. The summed E-state index contributed by atoms with van der Waals surface area (Å²) in [6.45, 7) is 0. The molecule has 0 amide bonds. The first-order valence-electron chi connectivity index (χ1n) is 2.98. The molecule has 1 rings (SSSR count). The Hall–Kier alpha value is -1.39. The van der Waals surface area contributed by atoms with E-state index >= 15 is 0 Å². The second-order valence-corrected chi connectivity index (χ2v) is 2.04. The molecule has 1 aromatic carbocycles. The molecule has 0 unspecified atom stereocenters. The topological polar surface area (TPSA) is 29.5 Å². The highest BCUT2D eigenvalue weighted by Crippen LogP contribution is 2.31. The molecule has 0 atom stereocenters. The van der Waals surface area contributed by atoms with Crippen LogP contribution >= 0.6 is 0 Å². The van der Waals surface area contributed by atoms with Gasteiger partial charge in [-0.15, -0.1) is 0 Å². The highest BCUT2D eigenvalue weighted by molar-refractivity contribution is 5.40. The summed E-state index contributed by atoms with van der Waals surface area (Å²) in [6.07, 6.45) is 0. The molecule has 0 saturated carbocycles. The number of hydrogen-bond acceptors (Lipinski definition) is 2. The molecule has 5 heteroatoms. The first-order chi connectivity index (χ1) is 5.57. The highest BCUT2D eigenvalue weighted by atomic mass is 19.2. The molecule has 0 radical (unpaired) electrons. The third kappa shape index (κ3) is 1.17. The molecule has 66 valence electrons. The van der Waals surface area contributed by atoms with E-state index in [4.69, 9.17) is 5.11 Å². The Morgan fingerprint density at radius 1 is 1.25 bits per heavy atom. The number of phenols is 1. The van der Waals surface area contributed by atoms with Crippen LogP contribution < -0.4 is 4.74 Å². The molecule has 0 aromatic heterocycles. The third-order valence-electron chi connectivity index (χ3n) is 1.32. The van der Waals surface area contributed by atoms with Crippen molar-refractivity contribution < 1.29 is 23.0 Å². The summed E-state index contributed by atoms with van der Waals surface area (Å²) >= 11 is 0. The lowest BCUT2D eigenvalue weighted by molar-refractivity contribution is 0.335. The Morgan fingerprint density at radius 2 is 1.83 bits per heavy atom. The van der Waals surface area contributed by atoms with Crippen LogP contribution in [0.1, 0.15) is 0 Å². The van der Waals surface area contributed by atoms with Crippen LogP contribution in [0.2, 0.25) is 0 Å². The van der Waals surface area contributed by atoms with Gasteiger partial charge in [-0.3, -0.25) is 0 Å². The molecule has 0 aliphatic rings. The van der Waals surface area contributed by atoms with Crippen molar-refractivity contribution >= 4 is 0 Å². The van der Waals surface area contributed by atoms with E-state index in [2.05, 4.69) is 4.74 Å². The van der Waals surface area contributed by atoms with Gasteiger partial charge in [0.2, 0.25) is 5.82 Å². The molecule has 0 bridgehead atoms. The zero-order valence-electron chi connectivity index (χ0n) is 6.07. The largest absolute Gasteiger partial charge is 0.502 e. The standard InChI is InChI=1S/C7H5F3O2/c1-12-4-2-3(8)5(9)6(10)7(4)11/h2,11H,1H3. The maximum Gasteiger partial charge on any atom is 0.207 e. The predicted octanol–water partition coefficient (Wildman–Crippen LogP) is 1.82. The van der Waals surface area contributed by atoms with Gasteiger partial charge >= 0.3 is 0 Å². The van der Waals surface area contributed by atoms with Crippen molar-refractivity contribution in [2.24, 2.45) is 0 Å². The second-order valence-electron chi connectivity index (χ2n) is 2.04. The van der Waals surface area contributed by atoms with E-state index in [1.165, 1.54) is 0 Å². The van der Waals surface area contributed by atoms with Crippen molar-refractivity contribution in [3.8, 4) is 11.5 Å². The Morgan fingerprint density at radius 3 is 2.33 bits per heavy atom. The van der Waals surface area contributed by atoms with E-state index in [-0.39, 0.29) is 0 Å².